The highest BCUT2D eigenvalue weighted by atomic mass is 35.5. The second-order valence-electron chi connectivity index (χ2n) is 10.7. The summed E-state index contributed by atoms with van der Waals surface area (Å²) < 4.78 is 8.05. The SMILES string of the molecule is C[C@@H](Oc1cc(-n2cnc3ccc(CCN[C@@](C)(C(=O)O)C(C)(C)C)cc32)sc1C(N)=O)c1ccccc1Cl. The second kappa shape index (κ2) is 11.0. The smallest absolute Gasteiger partial charge is 0.324 e. The van der Waals surface area contributed by atoms with Gasteiger partial charge in [0.25, 0.3) is 5.91 Å². The molecule has 1 amide bonds. The molecule has 0 aliphatic carbocycles. The molecular weight excluding hydrogens is 536 g/mol. The molecule has 2 atom stereocenters. The van der Waals surface area contributed by atoms with Crippen molar-refractivity contribution in [3.8, 4) is 10.8 Å². The molecule has 2 aromatic heterocycles. The van der Waals surface area contributed by atoms with Crippen molar-refractivity contribution in [1.82, 2.24) is 14.9 Å². The standard InChI is InChI=1S/C29H33ClN4O4S/c1-17(19-8-6-7-9-20(19)30)38-23-15-24(39-25(23)26(31)35)34-16-32-21-11-10-18(14-22(21)34)12-13-33-29(5,27(36)37)28(2,3)4/h6-11,14-17,33H,12-13H2,1-5H3,(H2,31,35)(H,36,37)/t17-,29+/m1/s1. The molecule has 10 heteroatoms. The summed E-state index contributed by atoms with van der Waals surface area (Å²) in [5.74, 6) is -1.08. The maximum atomic E-state index is 12.3. The zero-order chi connectivity index (χ0) is 28.5. The molecule has 2 aromatic carbocycles. The van der Waals surface area contributed by atoms with Gasteiger partial charge in [-0.05, 0) is 49.4 Å². The summed E-state index contributed by atoms with van der Waals surface area (Å²) in [4.78, 5) is 29.1. The number of thiophene rings is 1. The molecule has 0 saturated carbocycles. The summed E-state index contributed by atoms with van der Waals surface area (Å²) in [6.45, 7) is 9.80. The van der Waals surface area contributed by atoms with Gasteiger partial charge in [0, 0.05) is 23.2 Å². The Labute approximate surface area is 236 Å². The largest absolute Gasteiger partial charge is 0.484 e. The van der Waals surface area contributed by atoms with Gasteiger partial charge in [-0.25, -0.2) is 4.98 Å². The number of halogens is 1. The normalized spacial score (nSPS) is 14.2. The third-order valence-corrected chi connectivity index (χ3v) is 8.70. The van der Waals surface area contributed by atoms with E-state index in [0.29, 0.717) is 28.6 Å². The number of primary amides is 1. The molecule has 4 aromatic rings. The number of carbonyl (C=O) groups is 2. The van der Waals surface area contributed by atoms with Crippen molar-refractivity contribution in [1.29, 1.82) is 0 Å². The van der Waals surface area contributed by atoms with Gasteiger partial charge >= 0.3 is 5.97 Å². The van der Waals surface area contributed by atoms with Crippen molar-refractivity contribution < 1.29 is 19.4 Å². The Morgan fingerprint density at radius 2 is 1.90 bits per heavy atom. The highest BCUT2D eigenvalue weighted by Crippen LogP contribution is 2.37. The van der Waals surface area contributed by atoms with Crippen LogP contribution in [0.3, 0.4) is 0 Å². The van der Waals surface area contributed by atoms with Crippen LogP contribution in [-0.4, -0.2) is 38.6 Å². The van der Waals surface area contributed by atoms with Crippen LogP contribution in [0.15, 0.2) is 54.9 Å². The van der Waals surface area contributed by atoms with Crippen molar-refractivity contribution >= 4 is 45.8 Å². The lowest BCUT2D eigenvalue weighted by molar-refractivity contribution is -0.148. The number of fused-ring (bicyclic) bond motifs is 1. The van der Waals surface area contributed by atoms with Crippen LogP contribution in [0, 0.1) is 5.41 Å². The lowest BCUT2D eigenvalue weighted by Gasteiger charge is -2.39. The summed E-state index contributed by atoms with van der Waals surface area (Å²) in [5, 5.41) is 14.4. The number of hydrogen-bond acceptors (Lipinski definition) is 6. The topological polar surface area (TPSA) is 119 Å². The van der Waals surface area contributed by atoms with Crippen LogP contribution in [0.2, 0.25) is 5.02 Å². The van der Waals surface area contributed by atoms with Crippen LogP contribution in [0.1, 0.15) is 61.5 Å². The van der Waals surface area contributed by atoms with Gasteiger partial charge in [0.1, 0.15) is 33.6 Å². The minimum Gasteiger partial charge on any atom is -0.484 e. The highest BCUT2D eigenvalue weighted by molar-refractivity contribution is 7.16. The van der Waals surface area contributed by atoms with Crippen molar-refractivity contribution in [2.24, 2.45) is 11.1 Å². The third-order valence-electron chi connectivity index (χ3n) is 7.22. The summed E-state index contributed by atoms with van der Waals surface area (Å²) in [6.07, 6.45) is 1.93. The van der Waals surface area contributed by atoms with E-state index in [4.69, 9.17) is 22.1 Å². The molecule has 4 rings (SSSR count). The molecule has 0 spiro atoms. The van der Waals surface area contributed by atoms with E-state index in [2.05, 4.69) is 10.3 Å². The van der Waals surface area contributed by atoms with Crippen molar-refractivity contribution in [3.63, 3.8) is 0 Å². The van der Waals surface area contributed by atoms with Crippen LogP contribution in [0.25, 0.3) is 16.0 Å². The molecule has 0 aliphatic rings. The first kappa shape index (κ1) is 28.6. The molecule has 2 heterocycles. The van der Waals surface area contributed by atoms with Crippen molar-refractivity contribution in [2.45, 2.75) is 52.7 Å². The molecular formula is C29H33ClN4O4S. The van der Waals surface area contributed by atoms with Crippen molar-refractivity contribution in [3.05, 3.63) is 75.9 Å². The van der Waals surface area contributed by atoms with Gasteiger partial charge in [0.2, 0.25) is 0 Å². The number of carboxylic acids is 1. The maximum Gasteiger partial charge on any atom is 0.324 e. The quantitative estimate of drug-likeness (QED) is 0.216. The van der Waals surface area contributed by atoms with Gasteiger partial charge in [0.15, 0.2) is 0 Å². The van der Waals surface area contributed by atoms with Gasteiger partial charge in [-0.2, -0.15) is 0 Å². The zero-order valence-corrected chi connectivity index (χ0v) is 24.2. The summed E-state index contributed by atoms with van der Waals surface area (Å²) in [6, 6.07) is 15.1. The number of nitrogens with two attached hydrogens (primary N) is 1. The number of aromatic nitrogens is 2. The van der Waals surface area contributed by atoms with Gasteiger partial charge in [0.05, 0.1) is 11.0 Å². The van der Waals surface area contributed by atoms with E-state index in [1.165, 1.54) is 11.3 Å². The molecule has 0 saturated heterocycles. The molecule has 4 N–H and O–H groups in total. The number of carbonyl (C=O) groups excluding carboxylic acids is 1. The Morgan fingerprint density at radius 1 is 1.18 bits per heavy atom. The van der Waals surface area contributed by atoms with Gasteiger partial charge < -0.3 is 20.9 Å². The fourth-order valence-corrected chi connectivity index (χ4v) is 5.52. The van der Waals surface area contributed by atoms with Gasteiger partial charge in [-0.15, -0.1) is 11.3 Å². The number of ether oxygens (including phenoxy) is 1. The Kier molecular flexibility index (Phi) is 8.07. The zero-order valence-electron chi connectivity index (χ0n) is 22.6. The molecule has 0 fully saturated rings. The molecule has 0 aliphatic heterocycles. The fraction of sp³-hybridized carbons (Fsp3) is 0.345. The van der Waals surface area contributed by atoms with Crippen molar-refractivity contribution in [2.75, 3.05) is 6.54 Å². The lowest BCUT2D eigenvalue weighted by atomic mass is 9.75. The van der Waals surface area contributed by atoms with E-state index in [1.54, 1.807) is 25.4 Å². The Bertz CT molecular complexity index is 1520. The van der Waals surface area contributed by atoms with Crippen LogP contribution >= 0.6 is 22.9 Å². The van der Waals surface area contributed by atoms with E-state index in [-0.39, 0.29) is 0 Å². The Morgan fingerprint density at radius 3 is 2.54 bits per heavy atom. The van der Waals surface area contributed by atoms with Crippen LogP contribution in [0.5, 0.6) is 5.75 Å². The number of carboxylic acid groups (broad SMARTS) is 1. The molecule has 0 bridgehead atoms. The fourth-order valence-electron chi connectivity index (χ4n) is 4.30. The maximum absolute atomic E-state index is 12.3. The summed E-state index contributed by atoms with van der Waals surface area (Å²) in [7, 11) is 0. The minimum atomic E-state index is -1.07. The molecule has 0 unspecified atom stereocenters. The van der Waals surface area contributed by atoms with Crippen LogP contribution < -0.4 is 15.8 Å². The van der Waals surface area contributed by atoms with E-state index >= 15 is 0 Å². The molecule has 39 heavy (non-hydrogen) atoms. The predicted octanol–water partition coefficient (Wildman–Crippen LogP) is 6.00. The van der Waals surface area contributed by atoms with E-state index in [0.717, 1.165) is 27.2 Å². The summed E-state index contributed by atoms with van der Waals surface area (Å²) in [5.41, 5.74) is 7.62. The average molecular weight is 569 g/mol. The first-order valence-corrected chi connectivity index (χ1v) is 13.8. The predicted molar refractivity (Wildman–Crippen MR) is 155 cm³/mol. The Balaban J connectivity index is 1.60. The highest BCUT2D eigenvalue weighted by Gasteiger charge is 2.43. The van der Waals surface area contributed by atoms with Crippen LogP contribution in [0.4, 0.5) is 0 Å². The first-order valence-electron chi connectivity index (χ1n) is 12.6. The molecule has 0 radical (unpaired) electrons. The Hall–Kier alpha value is -3.40. The molecule has 8 nitrogen and oxygen atoms in total. The average Bonchev–Trinajstić information content (AvgIpc) is 3.47. The van der Waals surface area contributed by atoms with E-state index in [9.17, 15) is 14.7 Å². The lowest BCUT2D eigenvalue weighted by Crippen LogP contribution is -2.58. The van der Waals surface area contributed by atoms with Gasteiger partial charge in [-0.3, -0.25) is 14.2 Å². The van der Waals surface area contributed by atoms with E-state index < -0.39 is 28.9 Å². The number of nitrogens with zero attached hydrogens (tertiary/aromatic N) is 2. The number of benzene rings is 2. The third kappa shape index (κ3) is 5.80. The number of rotatable bonds is 10. The first-order chi connectivity index (χ1) is 18.3. The van der Waals surface area contributed by atoms with E-state index in [1.807, 2.05) is 68.7 Å². The number of hydrogen-bond donors (Lipinski definition) is 3. The number of aliphatic carboxylic acids is 1. The summed E-state index contributed by atoms with van der Waals surface area (Å²) >= 11 is 7.57. The number of imidazole rings is 1. The minimum absolute atomic E-state index is 0.307. The second-order valence-corrected chi connectivity index (χ2v) is 12.2. The number of nitrogens with one attached hydrogen (secondary N) is 1. The van der Waals surface area contributed by atoms with Gasteiger partial charge in [-0.1, -0.05) is 56.6 Å². The van der Waals surface area contributed by atoms with Crippen LogP contribution in [-0.2, 0) is 11.2 Å². The molecule has 206 valence electrons. The monoisotopic (exact) mass is 568 g/mol. The number of amides is 1.